The summed E-state index contributed by atoms with van der Waals surface area (Å²) in [7, 11) is 0. The molecule has 0 amide bonds. The van der Waals surface area contributed by atoms with Gasteiger partial charge in [0, 0.05) is 18.6 Å². The van der Waals surface area contributed by atoms with Gasteiger partial charge in [0.1, 0.15) is 0 Å². The molecule has 2 N–H and O–H groups in total. The average molecular weight is 243 g/mol. The lowest BCUT2D eigenvalue weighted by atomic mass is 9.91. The molecule has 0 unspecified atom stereocenters. The number of nitrogens with zero attached hydrogens (tertiary/aromatic N) is 1. The predicted molar refractivity (Wildman–Crippen MR) is 65.9 cm³/mol. The Balaban J connectivity index is 1.71. The van der Waals surface area contributed by atoms with Crippen molar-refractivity contribution in [2.75, 3.05) is 19.7 Å². The minimum atomic E-state index is -0.131. The van der Waals surface area contributed by atoms with Gasteiger partial charge in [-0.05, 0) is 39.5 Å². The summed E-state index contributed by atoms with van der Waals surface area (Å²) >= 11 is 0. The SMILES string of the molecule is CC(C)(CO)N1CCC(OC2CC(O)C2)CC1. The number of hydrogen-bond donors (Lipinski definition) is 2. The Morgan fingerprint density at radius 3 is 2.24 bits per heavy atom. The van der Waals surface area contributed by atoms with E-state index in [1.165, 1.54) is 0 Å². The normalized spacial score (nSPS) is 32.5. The molecule has 1 aliphatic carbocycles. The molecular weight excluding hydrogens is 218 g/mol. The number of piperidine rings is 1. The number of likely N-dealkylation sites (tertiary alicyclic amines) is 1. The van der Waals surface area contributed by atoms with E-state index in [0.29, 0.717) is 6.10 Å². The van der Waals surface area contributed by atoms with Crippen LogP contribution in [-0.4, -0.2) is 58.7 Å². The number of aliphatic hydroxyl groups is 2. The van der Waals surface area contributed by atoms with E-state index in [4.69, 9.17) is 4.74 Å². The molecule has 100 valence electrons. The molecule has 2 fully saturated rings. The summed E-state index contributed by atoms with van der Waals surface area (Å²) < 4.78 is 5.94. The van der Waals surface area contributed by atoms with Gasteiger partial charge >= 0.3 is 0 Å². The summed E-state index contributed by atoms with van der Waals surface area (Å²) in [6.07, 6.45) is 4.19. The van der Waals surface area contributed by atoms with E-state index in [9.17, 15) is 10.2 Å². The number of rotatable bonds is 4. The first kappa shape index (κ1) is 13.3. The highest BCUT2D eigenvalue weighted by molar-refractivity contribution is 4.87. The van der Waals surface area contributed by atoms with Gasteiger partial charge in [0.05, 0.1) is 24.9 Å². The van der Waals surface area contributed by atoms with E-state index >= 15 is 0 Å². The highest BCUT2D eigenvalue weighted by Crippen LogP contribution is 2.28. The molecule has 17 heavy (non-hydrogen) atoms. The van der Waals surface area contributed by atoms with Crippen molar-refractivity contribution in [3.63, 3.8) is 0 Å². The van der Waals surface area contributed by atoms with Gasteiger partial charge in [0.25, 0.3) is 0 Å². The van der Waals surface area contributed by atoms with Crippen LogP contribution in [0.15, 0.2) is 0 Å². The largest absolute Gasteiger partial charge is 0.394 e. The van der Waals surface area contributed by atoms with Crippen molar-refractivity contribution in [1.82, 2.24) is 4.90 Å². The third kappa shape index (κ3) is 3.19. The van der Waals surface area contributed by atoms with Gasteiger partial charge in [-0.15, -0.1) is 0 Å². The van der Waals surface area contributed by atoms with Crippen LogP contribution < -0.4 is 0 Å². The molecule has 1 saturated heterocycles. The smallest absolute Gasteiger partial charge is 0.0628 e. The molecule has 2 rings (SSSR count). The number of ether oxygens (including phenoxy) is 1. The monoisotopic (exact) mass is 243 g/mol. The fourth-order valence-corrected chi connectivity index (χ4v) is 2.62. The molecule has 1 saturated carbocycles. The maximum Gasteiger partial charge on any atom is 0.0628 e. The quantitative estimate of drug-likeness (QED) is 0.765. The number of aliphatic hydroxyl groups excluding tert-OH is 2. The second-order valence-electron chi connectivity index (χ2n) is 6.04. The molecule has 1 aliphatic heterocycles. The van der Waals surface area contributed by atoms with Gasteiger partial charge in [-0.2, -0.15) is 0 Å². The molecular formula is C13H25NO3. The zero-order valence-electron chi connectivity index (χ0n) is 10.9. The van der Waals surface area contributed by atoms with Gasteiger partial charge in [-0.25, -0.2) is 0 Å². The Labute approximate surface area is 104 Å². The maximum atomic E-state index is 9.33. The zero-order chi connectivity index (χ0) is 12.5. The summed E-state index contributed by atoms with van der Waals surface area (Å²) in [4.78, 5) is 2.34. The minimum absolute atomic E-state index is 0.113. The van der Waals surface area contributed by atoms with Gasteiger partial charge in [0.2, 0.25) is 0 Å². The zero-order valence-corrected chi connectivity index (χ0v) is 10.9. The van der Waals surface area contributed by atoms with Crippen LogP contribution in [0.2, 0.25) is 0 Å². The van der Waals surface area contributed by atoms with Gasteiger partial charge in [-0.1, -0.05) is 0 Å². The third-order valence-corrected chi connectivity index (χ3v) is 4.14. The van der Waals surface area contributed by atoms with Crippen LogP contribution in [0.25, 0.3) is 0 Å². The first-order valence-electron chi connectivity index (χ1n) is 6.70. The summed E-state index contributed by atoms with van der Waals surface area (Å²) in [5.74, 6) is 0. The predicted octanol–water partition coefficient (Wildman–Crippen LogP) is 0.762. The molecule has 0 radical (unpaired) electrons. The standard InChI is InChI=1S/C13H25NO3/c1-13(2,9-15)14-5-3-11(4-6-14)17-12-7-10(16)8-12/h10-12,15-16H,3-9H2,1-2H3. The van der Waals surface area contributed by atoms with E-state index in [1.807, 2.05) is 0 Å². The van der Waals surface area contributed by atoms with Crippen molar-refractivity contribution in [2.24, 2.45) is 0 Å². The van der Waals surface area contributed by atoms with Crippen molar-refractivity contribution in [2.45, 2.75) is 63.4 Å². The molecule has 0 spiro atoms. The molecule has 0 aromatic heterocycles. The molecule has 0 bridgehead atoms. The Hall–Kier alpha value is -0.160. The lowest BCUT2D eigenvalue weighted by Crippen LogP contribution is -2.52. The van der Waals surface area contributed by atoms with Gasteiger partial charge in [0.15, 0.2) is 0 Å². The molecule has 4 nitrogen and oxygen atoms in total. The molecule has 0 aromatic carbocycles. The topological polar surface area (TPSA) is 52.9 Å². The van der Waals surface area contributed by atoms with Crippen molar-refractivity contribution in [1.29, 1.82) is 0 Å². The van der Waals surface area contributed by atoms with Crippen LogP contribution in [0.3, 0.4) is 0 Å². The summed E-state index contributed by atoms with van der Waals surface area (Å²) in [6.45, 7) is 6.35. The van der Waals surface area contributed by atoms with Crippen LogP contribution in [0.5, 0.6) is 0 Å². The first-order chi connectivity index (χ1) is 8.01. The van der Waals surface area contributed by atoms with Crippen molar-refractivity contribution in [3.05, 3.63) is 0 Å². The van der Waals surface area contributed by atoms with Crippen LogP contribution in [-0.2, 0) is 4.74 Å². The maximum absolute atomic E-state index is 9.33. The van der Waals surface area contributed by atoms with E-state index in [0.717, 1.165) is 38.8 Å². The Bertz CT molecular complexity index is 243. The van der Waals surface area contributed by atoms with Gasteiger partial charge in [-0.3, -0.25) is 4.90 Å². The third-order valence-electron chi connectivity index (χ3n) is 4.14. The van der Waals surface area contributed by atoms with Crippen LogP contribution in [0, 0.1) is 0 Å². The van der Waals surface area contributed by atoms with E-state index < -0.39 is 0 Å². The van der Waals surface area contributed by atoms with E-state index in [-0.39, 0.29) is 24.4 Å². The fraction of sp³-hybridized carbons (Fsp3) is 1.00. The van der Waals surface area contributed by atoms with Crippen LogP contribution in [0.4, 0.5) is 0 Å². The van der Waals surface area contributed by atoms with Crippen LogP contribution in [0.1, 0.15) is 39.5 Å². The average Bonchev–Trinajstić information content (AvgIpc) is 2.28. The summed E-state index contributed by atoms with van der Waals surface area (Å²) in [5.41, 5.74) is -0.113. The summed E-state index contributed by atoms with van der Waals surface area (Å²) in [6, 6.07) is 0. The van der Waals surface area contributed by atoms with Crippen molar-refractivity contribution < 1.29 is 14.9 Å². The lowest BCUT2D eigenvalue weighted by Gasteiger charge is -2.43. The van der Waals surface area contributed by atoms with Gasteiger partial charge < -0.3 is 14.9 Å². The fourth-order valence-electron chi connectivity index (χ4n) is 2.62. The van der Waals surface area contributed by atoms with E-state index in [1.54, 1.807) is 0 Å². The number of hydrogen-bond acceptors (Lipinski definition) is 4. The van der Waals surface area contributed by atoms with Crippen molar-refractivity contribution in [3.8, 4) is 0 Å². The van der Waals surface area contributed by atoms with Crippen molar-refractivity contribution >= 4 is 0 Å². The molecule has 2 aliphatic rings. The Morgan fingerprint density at radius 2 is 1.76 bits per heavy atom. The second kappa shape index (κ2) is 5.22. The first-order valence-corrected chi connectivity index (χ1v) is 6.70. The van der Waals surface area contributed by atoms with E-state index in [2.05, 4.69) is 18.7 Å². The lowest BCUT2D eigenvalue weighted by molar-refractivity contribution is -0.122. The molecule has 1 heterocycles. The molecule has 4 heteroatoms. The molecule has 0 atom stereocenters. The Morgan fingerprint density at radius 1 is 1.18 bits per heavy atom. The second-order valence-corrected chi connectivity index (χ2v) is 6.04. The Kier molecular flexibility index (Phi) is 4.08. The minimum Gasteiger partial charge on any atom is -0.394 e. The molecule has 0 aromatic rings. The summed E-state index contributed by atoms with van der Waals surface area (Å²) in [5, 5.41) is 18.5. The van der Waals surface area contributed by atoms with Crippen LogP contribution >= 0.6 is 0 Å². The highest BCUT2D eigenvalue weighted by Gasteiger charge is 2.34. The highest BCUT2D eigenvalue weighted by atomic mass is 16.5.